The van der Waals surface area contributed by atoms with Crippen molar-refractivity contribution in [3.05, 3.63) is 83.7 Å². The third kappa shape index (κ3) is 5.12. The minimum atomic E-state index is 0.238. The summed E-state index contributed by atoms with van der Waals surface area (Å²) in [5, 5.41) is 13.9. The molecule has 1 fully saturated rings. The summed E-state index contributed by atoms with van der Waals surface area (Å²) in [5.41, 5.74) is 5.04. The molecule has 2 aromatic carbocycles. The highest BCUT2D eigenvalue weighted by Crippen LogP contribution is 2.19. The molecule has 0 saturated carbocycles. The molecule has 5 heteroatoms. The summed E-state index contributed by atoms with van der Waals surface area (Å²) in [5.74, 6) is 0. The van der Waals surface area contributed by atoms with Gasteiger partial charge in [-0.1, -0.05) is 42.0 Å². The molecular formula is C24H30N4O. The van der Waals surface area contributed by atoms with Gasteiger partial charge in [-0.05, 0) is 42.7 Å². The van der Waals surface area contributed by atoms with Crippen LogP contribution in [0.5, 0.6) is 0 Å². The summed E-state index contributed by atoms with van der Waals surface area (Å²) >= 11 is 0. The fourth-order valence-electron chi connectivity index (χ4n) is 4.09. The van der Waals surface area contributed by atoms with Gasteiger partial charge in [-0.3, -0.25) is 9.80 Å². The fourth-order valence-corrected chi connectivity index (χ4v) is 4.09. The first-order valence-corrected chi connectivity index (χ1v) is 10.4. The minimum absolute atomic E-state index is 0.238. The lowest BCUT2D eigenvalue weighted by atomic mass is 10.1. The third-order valence-corrected chi connectivity index (χ3v) is 5.77. The standard InChI is InChI=1S/C24H30N4O/c1-20-3-5-22(6-4-20)18-27-15-14-26(19-24(27)11-16-29)17-21-7-9-23(10-8-21)28-13-2-12-25-28/h2-10,12-13,24,29H,11,14-19H2,1H3/t24-/m0/s1. The SMILES string of the molecule is Cc1ccc(CN2CCN(Cc3ccc(-n4cccn4)cc3)C[C@@H]2CCO)cc1. The summed E-state index contributed by atoms with van der Waals surface area (Å²) in [7, 11) is 0. The Balaban J connectivity index is 1.37. The van der Waals surface area contributed by atoms with Crippen LogP contribution in [0.15, 0.2) is 67.0 Å². The van der Waals surface area contributed by atoms with Crippen LogP contribution in [-0.4, -0.2) is 57.0 Å². The van der Waals surface area contributed by atoms with E-state index in [1.54, 1.807) is 6.20 Å². The minimum Gasteiger partial charge on any atom is -0.396 e. The summed E-state index contributed by atoms with van der Waals surface area (Å²) in [4.78, 5) is 5.03. The number of nitrogens with zero attached hydrogens (tertiary/aromatic N) is 4. The molecule has 0 spiro atoms. The highest BCUT2D eigenvalue weighted by atomic mass is 16.3. The van der Waals surface area contributed by atoms with Gasteiger partial charge in [0.15, 0.2) is 0 Å². The monoisotopic (exact) mass is 390 g/mol. The number of aryl methyl sites for hydroxylation is 1. The maximum atomic E-state index is 9.58. The number of aliphatic hydroxyl groups is 1. The van der Waals surface area contributed by atoms with E-state index in [0.717, 1.165) is 44.8 Å². The van der Waals surface area contributed by atoms with Crippen molar-refractivity contribution in [2.75, 3.05) is 26.2 Å². The molecule has 1 aliphatic heterocycles. The van der Waals surface area contributed by atoms with Crippen molar-refractivity contribution < 1.29 is 5.11 Å². The zero-order valence-electron chi connectivity index (χ0n) is 17.1. The molecule has 0 aliphatic carbocycles. The van der Waals surface area contributed by atoms with E-state index >= 15 is 0 Å². The molecule has 1 aliphatic rings. The summed E-state index contributed by atoms with van der Waals surface area (Å²) in [6, 6.07) is 19.8. The Bertz CT molecular complexity index is 874. The number of hydrogen-bond donors (Lipinski definition) is 1. The van der Waals surface area contributed by atoms with Crippen LogP contribution < -0.4 is 0 Å². The van der Waals surface area contributed by atoms with Crippen molar-refractivity contribution in [1.82, 2.24) is 19.6 Å². The van der Waals surface area contributed by atoms with E-state index in [2.05, 4.69) is 70.4 Å². The number of aromatic nitrogens is 2. The van der Waals surface area contributed by atoms with Crippen molar-refractivity contribution in [2.45, 2.75) is 32.5 Å². The van der Waals surface area contributed by atoms with Crippen molar-refractivity contribution in [2.24, 2.45) is 0 Å². The molecule has 5 nitrogen and oxygen atoms in total. The highest BCUT2D eigenvalue weighted by molar-refractivity contribution is 5.33. The van der Waals surface area contributed by atoms with Crippen molar-refractivity contribution in [3.63, 3.8) is 0 Å². The Morgan fingerprint density at radius 2 is 1.69 bits per heavy atom. The topological polar surface area (TPSA) is 44.5 Å². The predicted molar refractivity (Wildman–Crippen MR) is 116 cm³/mol. The first kappa shape index (κ1) is 19.8. The number of rotatable bonds is 7. The molecule has 0 amide bonds. The number of piperazine rings is 1. The molecular weight excluding hydrogens is 360 g/mol. The maximum Gasteiger partial charge on any atom is 0.0645 e. The lowest BCUT2D eigenvalue weighted by Crippen LogP contribution is -2.52. The normalized spacial score (nSPS) is 18.2. The van der Waals surface area contributed by atoms with Gasteiger partial charge in [0.05, 0.1) is 5.69 Å². The van der Waals surface area contributed by atoms with Crippen molar-refractivity contribution in [3.8, 4) is 5.69 Å². The molecule has 1 atom stereocenters. The van der Waals surface area contributed by atoms with Gasteiger partial charge in [0.2, 0.25) is 0 Å². The van der Waals surface area contributed by atoms with Crippen LogP contribution in [0.1, 0.15) is 23.1 Å². The lowest BCUT2D eigenvalue weighted by molar-refractivity contribution is 0.0500. The molecule has 4 rings (SSSR count). The van der Waals surface area contributed by atoms with Gasteiger partial charge in [0.25, 0.3) is 0 Å². The zero-order chi connectivity index (χ0) is 20.1. The van der Waals surface area contributed by atoms with Crippen LogP contribution in [0.4, 0.5) is 0 Å². The van der Waals surface area contributed by atoms with Crippen molar-refractivity contribution >= 4 is 0 Å². The largest absolute Gasteiger partial charge is 0.396 e. The second-order valence-electron chi connectivity index (χ2n) is 7.97. The van der Waals surface area contributed by atoms with Crippen LogP contribution in [0.2, 0.25) is 0 Å². The van der Waals surface area contributed by atoms with Crippen LogP contribution in [0.25, 0.3) is 5.69 Å². The molecule has 29 heavy (non-hydrogen) atoms. The van der Waals surface area contributed by atoms with Crippen LogP contribution in [0.3, 0.4) is 0 Å². The zero-order valence-corrected chi connectivity index (χ0v) is 17.1. The second kappa shape index (κ2) is 9.35. The van der Waals surface area contributed by atoms with E-state index < -0.39 is 0 Å². The quantitative estimate of drug-likeness (QED) is 0.673. The maximum absolute atomic E-state index is 9.58. The Kier molecular flexibility index (Phi) is 6.39. The first-order chi connectivity index (χ1) is 14.2. The van der Waals surface area contributed by atoms with Gasteiger partial charge in [0.1, 0.15) is 0 Å². The van der Waals surface area contributed by atoms with Gasteiger partial charge < -0.3 is 5.11 Å². The summed E-state index contributed by atoms with van der Waals surface area (Å²) in [6.07, 6.45) is 4.58. The Morgan fingerprint density at radius 3 is 2.38 bits per heavy atom. The molecule has 0 bridgehead atoms. The molecule has 1 N–H and O–H groups in total. The predicted octanol–water partition coefficient (Wildman–Crippen LogP) is 3.25. The molecule has 1 saturated heterocycles. The van der Waals surface area contributed by atoms with E-state index in [-0.39, 0.29) is 6.61 Å². The number of hydrogen-bond acceptors (Lipinski definition) is 4. The van der Waals surface area contributed by atoms with E-state index in [1.807, 2.05) is 16.9 Å². The van der Waals surface area contributed by atoms with E-state index in [9.17, 15) is 5.11 Å². The van der Waals surface area contributed by atoms with Gasteiger partial charge in [-0.2, -0.15) is 5.10 Å². The molecule has 0 unspecified atom stereocenters. The Morgan fingerprint density at radius 1 is 0.966 bits per heavy atom. The molecule has 152 valence electrons. The molecule has 2 heterocycles. The number of aliphatic hydroxyl groups excluding tert-OH is 1. The van der Waals surface area contributed by atoms with Gasteiger partial charge in [0, 0.05) is 57.8 Å². The average molecular weight is 391 g/mol. The Hall–Kier alpha value is -2.47. The number of benzene rings is 2. The van der Waals surface area contributed by atoms with Gasteiger partial charge in [-0.15, -0.1) is 0 Å². The highest BCUT2D eigenvalue weighted by Gasteiger charge is 2.26. The summed E-state index contributed by atoms with van der Waals surface area (Å²) in [6.45, 7) is 7.34. The van der Waals surface area contributed by atoms with E-state index in [4.69, 9.17) is 0 Å². The summed E-state index contributed by atoms with van der Waals surface area (Å²) < 4.78 is 1.88. The van der Waals surface area contributed by atoms with Gasteiger partial charge in [-0.25, -0.2) is 4.68 Å². The molecule has 3 aromatic rings. The van der Waals surface area contributed by atoms with Gasteiger partial charge >= 0.3 is 0 Å². The lowest BCUT2D eigenvalue weighted by Gasteiger charge is -2.41. The van der Waals surface area contributed by atoms with Crippen LogP contribution in [0, 0.1) is 6.92 Å². The van der Waals surface area contributed by atoms with Crippen molar-refractivity contribution in [1.29, 1.82) is 0 Å². The van der Waals surface area contributed by atoms with Crippen LogP contribution >= 0.6 is 0 Å². The van der Waals surface area contributed by atoms with Crippen LogP contribution in [-0.2, 0) is 13.1 Å². The Labute approximate surface area is 173 Å². The van der Waals surface area contributed by atoms with E-state index in [0.29, 0.717) is 6.04 Å². The third-order valence-electron chi connectivity index (χ3n) is 5.77. The fraction of sp³-hybridized carbons (Fsp3) is 0.375. The van der Waals surface area contributed by atoms with E-state index in [1.165, 1.54) is 16.7 Å². The first-order valence-electron chi connectivity index (χ1n) is 10.4. The molecule has 0 radical (unpaired) electrons. The smallest absolute Gasteiger partial charge is 0.0645 e. The average Bonchev–Trinajstić information content (AvgIpc) is 3.27. The molecule has 1 aromatic heterocycles. The second-order valence-corrected chi connectivity index (χ2v) is 7.97.